The average Bonchev–Trinajstić information content (AvgIpc) is 2.72. The molecule has 3 N–H and O–H groups in total. The normalized spacial score (nSPS) is 12.6. The van der Waals surface area contributed by atoms with Crippen LogP contribution in [0.2, 0.25) is 0 Å². The number of rotatable bonds is 5. The number of benzene rings is 1. The van der Waals surface area contributed by atoms with Crippen LogP contribution in [0.25, 0.3) is 0 Å². The van der Waals surface area contributed by atoms with Crippen molar-refractivity contribution in [2.24, 2.45) is 5.84 Å². The minimum absolute atomic E-state index is 0.270. The van der Waals surface area contributed by atoms with E-state index in [1.807, 2.05) is 0 Å². The Morgan fingerprint density at radius 1 is 1.16 bits per heavy atom. The molecule has 0 amide bonds. The van der Waals surface area contributed by atoms with E-state index in [9.17, 15) is 0 Å². The molecule has 0 bridgehead atoms. The molecule has 0 aliphatic carbocycles. The Kier molecular flexibility index (Phi) is 5.16. The van der Waals surface area contributed by atoms with Crippen LogP contribution >= 0.6 is 27.3 Å². The smallest absolute Gasteiger partial charge is 0.0299 e. The quantitative estimate of drug-likeness (QED) is 0.643. The second-order valence-electron chi connectivity index (χ2n) is 5.00. The van der Waals surface area contributed by atoms with Gasteiger partial charge in [-0.15, -0.1) is 11.3 Å². The summed E-state index contributed by atoms with van der Waals surface area (Å²) in [6, 6.07) is 9.11. The first kappa shape index (κ1) is 14.7. The summed E-state index contributed by atoms with van der Waals surface area (Å²) in [5.74, 6) is 5.69. The molecule has 0 saturated heterocycles. The number of nitrogens with one attached hydrogen (secondary N) is 1. The van der Waals surface area contributed by atoms with Crippen LogP contribution in [-0.4, -0.2) is 6.04 Å². The summed E-state index contributed by atoms with van der Waals surface area (Å²) in [5, 5.41) is 2.11. The van der Waals surface area contributed by atoms with Gasteiger partial charge in [-0.25, -0.2) is 0 Å². The second-order valence-corrected chi connectivity index (χ2v) is 6.91. The number of halogens is 1. The van der Waals surface area contributed by atoms with E-state index >= 15 is 0 Å². The topological polar surface area (TPSA) is 38.0 Å². The third kappa shape index (κ3) is 4.42. The van der Waals surface area contributed by atoms with Crippen LogP contribution in [-0.2, 0) is 12.8 Å². The zero-order chi connectivity index (χ0) is 13.8. The summed E-state index contributed by atoms with van der Waals surface area (Å²) in [5.41, 5.74) is 6.90. The summed E-state index contributed by atoms with van der Waals surface area (Å²) in [7, 11) is 0. The van der Waals surface area contributed by atoms with Crippen LogP contribution in [0.15, 0.2) is 34.1 Å². The molecule has 1 aromatic heterocycles. The Balaban J connectivity index is 2.06. The molecule has 0 fully saturated rings. The largest absolute Gasteiger partial charge is 0.271 e. The minimum Gasteiger partial charge on any atom is -0.271 e. The average molecular weight is 339 g/mol. The molecule has 1 atom stereocenters. The van der Waals surface area contributed by atoms with Gasteiger partial charge in [0.25, 0.3) is 0 Å². The van der Waals surface area contributed by atoms with Gasteiger partial charge >= 0.3 is 0 Å². The highest BCUT2D eigenvalue weighted by atomic mass is 79.9. The van der Waals surface area contributed by atoms with Gasteiger partial charge in [-0.05, 0) is 54.2 Å². The molecule has 0 aliphatic heterocycles. The van der Waals surface area contributed by atoms with E-state index in [-0.39, 0.29) is 6.04 Å². The van der Waals surface area contributed by atoms with Gasteiger partial charge in [-0.3, -0.25) is 11.3 Å². The summed E-state index contributed by atoms with van der Waals surface area (Å²) in [4.78, 5) is 1.35. The zero-order valence-electron chi connectivity index (χ0n) is 11.2. The van der Waals surface area contributed by atoms with E-state index in [0.29, 0.717) is 0 Å². The first-order valence-corrected chi connectivity index (χ1v) is 8.00. The summed E-state index contributed by atoms with van der Waals surface area (Å²) >= 11 is 5.26. The number of hydrogen-bond donors (Lipinski definition) is 2. The maximum Gasteiger partial charge on any atom is 0.0299 e. The first-order valence-electron chi connectivity index (χ1n) is 6.33. The fourth-order valence-electron chi connectivity index (χ4n) is 2.37. The lowest BCUT2D eigenvalue weighted by molar-refractivity contribution is 0.525. The fraction of sp³-hybridized carbons (Fsp3) is 0.333. The van der Waals surface area contributed by atoms with Gasteiger partial charge in [-0.1, -0.05) is 29.3 Å². The molecule has 1 unspecified atom stereocenters. The van der Waals surface area contributed by atoms with Crippen molar-refractivity contribution in [2.75, 3.05) is 0 Å². The van der Waals surface area contributed by atoms with E-state index in [1.165, 1.54) is 21.6 Å². The molecule has 19 heavy (non-hydrogen) atoms. The Morgan fingerprint density at radius 2 is 1.84 bits per heavy atom. The molecule has 0 radical (unpaired) electrons. The molecular formula is C15H19BrN2S. The molecule has 4 heteroatoms. The van der Waals surface area contributed by atoms with Crippen molar-refractivity contribution < 1.29 is 0 Å². The van der Waals surface area contributed by atoms with Crippen molar-refractivity contribution in [3.63, 3.8) is 0 Å². The monoisotopic (exact) mass is 338 g/mol. The highest BCUT2D eigenvalue weighted by Crippen LogP contribution is 2.22. The van der Waals surface area contributed by atoms with E-state index in [1.54, 1.807) is 11.3 Å². The summed E-state index contributed by atoms with van der Waals surface area (Å²) in [6.07, 6.45) is 1.91. The van der Waals surface area contributed by atoms with Gasteiger partial charge in [0, 0.05) is 20.8 Å². The van der Waals surface area contributed by atoms with Crippen molar-refractivity contribution >= 4 is 27.3 Å². The van der Waals surface area contributed by atoms with Crippen LogP contribution in [0.1, 0.15) is 21.6 Å². The molecule has 2 nitrogen and oxygen atoms in total. The molecule has 0 spiro atoms. The molecule has 2 aromatic rings. The lowest BCUT2D eigenvalue weighted by Gasteiger charge is -2.16. The predicted octanol–water partition coefficient (Wildman–Crippen LogP) is 3.74. The van der Waals surface area contributed by atoms with Crippen molar-refractivity contribution in [2.45, 2.75) is 32.7 Å². The summed E-state index contributed by atoms with van der Waals surface area (Å²) in [6.45, 7) is 4.27. The maximum atomic E-state index is 5.69. The Morgan fingerprint density at radius 3 is 2.37 bits per heavy atom. The van der Waals surface area contributed by atoms with Gasteiger partial charge < -0.3 is 0 Å². The maximum absolute atomic E-state index is 5.69. The van der Waals surface area contributed by atoms with E-state index in [4.69, 9.17) is 5.84 Å². The molecule has 2 rings (SSSR count). The number of aryl methyl sites for hydroxylation is 2. The van der Waals surface area contributed by atoms with Gasteiger partial charge in [0.15, 0.2) is 0 Å². The molecule has 102 valence electrons. The van der Waals surface area contributed by atoms with E-state index in [2.05, 4.69) is 64.8 Å². The minimum atomic E-state index is 0.270. The number of hydrogen-bond acceptors (Lipinski definition) is 3. The van der Waals surface area contributed by atoms with Gasteiger partial charge in [0.1, 0.15) is 0 Å². The SMILES string of the molecule is Cc1cc(C)cc(CC(Cc2cc(Br)cs2)NN)c1. The molecule has 0 aliphatic rings. The Labute approximate surface area is 127 Å². The van der Waals surface area contributed by atoms with Crippen molar-refractivity contribution in [1.29, 1.82) is 0 Å². The number of hydrazine groups is 1. The highest BCUT2D eigenvalue weighted by Gasteiger charge is 2.11. The second kappa shape index (κ2) is 6.66. The first-order chi connectivity index (χ1) is 9.06. The van der Waals surface area contributed by atoms with Crippen molar-refractivity contribution in [3.8, 4) is 0 Å². The van der Waals surface area contributed by atoms with Crippen molar-refractivity contribution in [1.82, 2.24) is 5.43 Å². The fourth-order valence-corrected chi connectivity index (χ4v) is 3.90. The summed E-state index contributed by atoms with van der Waals surface area (Å²) < 4.78 is 1.15. The molecule has 0 saturated carbocycles. The lowest BCUT2D eigenvalue weighted by atomic mass is 9.99. The molecule has 1 heterocycles. The number of thiophene rings is 1. The van der Waals surface area contributed by atoms with Gasteiger partial charge in [0.2, 0.25) is 0 Å². The lowest BCUT2D eigenvalue weighted by Crippen LogP contribution is -2.38. The van der Waals surface area contributed by atoms with Crippen LogP contribution in [0.4, 0.5) is 0 Å². The number of nitrogens with two attached hydrogens (primary N) is 1. The Hall–Kier alpha value is -0.680. The van der Waals surface area contributed by atoms with E-state index in [0.717, 1.165) is 17.3 Å². The van der Waals surface area contributed by atoms with Crippen LogP contribution in [0.5, 0.6) is 0 Å². The third-order valence-electron chi connectivity index (χ3n) is 3.07. The van der Waals surface area contributed by atoms with Crippen LogP contribution in [0.3, 0.4) is 0 Å². The van der Waals surface area contributed by atoms with Gasteiger partial charge in [-0.2, -0.15) is 0 Å². The third-order valence-corrected chi connectivity index (χ3v) is 4.79. The van der Waals surface area contributed by atoms with Crippen LogP contribution < -0.4 is 11.3 Å². The Bertz CT molecular complexity index is 531. The molecule has 1 aromatic carbocycles. The van der Waals surface area contributed by atoms with Crippen molar-refractivity contribution in [3.05, 3.63) is 55.7 Å². The molecular weight excluding hydrogens is 320 g/mol. The van der Waals surface area contributed by atoms with Crippen LogP contribution in [0, 0.1) is 13.8 Å². The highest BCUT2D eigenvalue weighted by molar-refractivity contribution is 9.10. The standard InChI is InChI=1S/C15H19BrN2S/c1-10-3-11(2)5-12(4-10)6-14(18-17)8-15-7-13(16)9-19-15/h3-5,7,9,14,18H,6,8,17H2,1-2H3. The predicted molar refractivity (Wildman–Crippen MR) is 86.5 cm³/mol. The zero-order valence-corrected chi connectivity index (χ0v) is 13.6. The van der Waals surface area contributed by atoms with E-state index < -0.39 is 0 Å². The van der Waals surface area contributed by atoms with Gasteiger partial charge in [0.05, 0.1) is 0 Å².